The lowest BCUT2D eigenvalue weighted by Crippen LogP contribution is -2.49. The zero-order chi connectivity index (χ0) is 25.1. The molecule has 5 atom stereocenters. The van der Waals surface area contributed by atoms with Crippen molar-refractivity contribution in [3.8, 4) is 0 Å². The second kappa shape index (κ2) is 8.17. The van der Waals surface area contributed by atoms with E-state index in [0.717, 1.165) is 5.56 Å². The molecule has 0 aromatic heterocycles. The summed E-state index contributed by atoms with van der Waals surface area (Å²) in [5.74, 6) is -0.965. The Bertz CT molecular complexity index is 1240. The molecule has 0 N–H and O–H groups in total. The summed E-state index contributed by atoms with van der Waals surface area (Å²) in [6.45, 7) is 5.45. The van der Waals surface area contributed by atoms with E-state index in [1.165, 1.54) is 0 Å². The minimum atomic E-state index is -3.70. The number of sulfone groups is 1. The molecule has 2 heterocycles. The van der Waals surface area contributed by atoms with Crippen molar-refractivity contribution in [3.05, 3.63) is 66.2 Å². The minimum Gasteiger partial charge on any atom is -0.460 e. The van der Waals surface area contributed by atoms with E-state index in [2.05, 4.69) is 0 Å². The lowest BCUT2D eigenvalue weighted by Gasteiger charge is -2.34. The molecule has 186 valence electrons. The van der Waals surface area contributed by atoms with Crippen molar-refractivity contribution in [3.63, 3.8) is 0 Å². The molecule has 8 heteroatoms. The number of ether oxygens (including phenoxy) is 3. The summed E-state index contributed by atoms with van der Waals surface area (Å²) < 4.78 is 44.5. The quantitative estimate of drug-likeness (QED) is 0.555. The maximum atomic E-state index is 13.5. The number of carbonyl (C=O) groups is 2. The van der Waals surface area contributed by atoms with Crippen LogP contribution >= 0.6 is 0 Å². The van der Waals surface area contributed by atoms with E-state index in [1.54, 1.807) is 30.3 Å². The van der Waals surface area contributed by atoms with Gasteiger partial charge in [-0.25, -0.2) is 13.2 Å². The first-order valence-corrected chi connectivity index (χ1v) is 13.5. The molecule has 0 unspecified atom stereocenters. The molecule has 3 aliphatic rings. The zero-order valence-corrected chi connectivity index (χ0v) is 20.9. The number of esters is 2. The van der Waals surface area contributed by atoms with Gasteiger partial charge in [-0.3, -0.25) is 4.79 Å². The maximum Gasteiger partial charge on any atom is 0.351 e. The summed E-state index contributed by atoms with van der Waals surface area (Å²) in [6.07, 6.45) is -0.167. The van der Waals surface area contributed by atoms with Crippen LogP contribution in [-0.4, -0.2) is 43.9 Å². The van der Waals surface area contributed by atoms with Gasteiger partial charge in [0.25, 0.3) is 0 Å². The van der Waals surface area contributed by atoms with Gasteiger partial charge in [0, 0.05) is 5.41 Å². The number of carbonyl (C=O) groups excluding carboxylic acids is 2. The molecule has 7 nitrogen and oxygen atoms in total. The van der Waals surface area contributed by atoms with Crippen molar-refractivity contribution >= 4 is 21.8 Å². The summed E-state index contributed by atoms with van der Waals surface area (Å²) in [5.41, 5.74) is -2.02. The lowest BCUT2D eigenvalue weighted by molar-refractivity contribution is -0.185. The molecule has 2 bridgehead atoms. The number of hydrogen-bond donors (Lipinski definition) is 0. The molecule has 1 saturated carbocycles. The summed E-state index contributed by atoms with van der Waals surface area (Å²) >= 11 is 0. The van der Waals surface area contributed by atoms with Crippen LogP contribution in [0.5, 0.6) is 0 Å². The Morgan fingerprint density at radius 1 is 1.00 bits per heavy atom. The van der Waals surface area contributed by atoms with Gasteiger partial charge in [-0.2, -0.15) is 0 Å². The summed E-state index contributed by atoms with van der Waals surface area (Å²) in [4.78, 5) is 26.0. The highest BCUT2D eigenvalue weighted by Crippen LogP contribution is 2.65. The van der Waals surface area contributed by atoms with Crippen LogP contribution in [0.3, 0.4) is 0 Å². The fourth-order valence-corrected chi connectivity index (χ4v) is 7.74. The largest absolute Gasteiger partial charge is 0.460 e. The van der Waals surface area contributed by atoms with Crippen molar-refractivity contribution in [1.82, 2.24) is 0 Å². The third-order valence-electron chi connectivity index (χ3n) is 8.58. The third kappa shape index (κ3) is 3.44. The Morgan fingerprint density at radius 3 is 2.20 bits per heavy atom. The molecule has 2 aliphatic heterocycles. The highest BCUT2D eigenvalue weighted by atomic mass is 32.2. The first-order chi connectivity index (χ1) is 16.5. The summed E-state index contributed by atoms with van der Waals surface area (Å²) in [7, 11) is -3.70. The van der Waals surface area contributed by atoms with Crippen LogP contribution < -0.4 is 0 Å². The first-order valence-electron chi connectivity index (χ1n) is 11.9. The number of rotatable bonds is 6. The van der Waals surface area contributed by atoms with Gasteiger partial charge in [0.2, 0.25) is 5.60 Å². The summed E-state index contributed by atoms with van der Waals surface area (Å²) in [6, 6.07) is 17.5. The SMILES string of the molecule is CC1(C)[C@@]2(C)CC[C@]1(C(=O)OC[C@@H]1C[C@@H](S(=O)(=O)c3ccccc3)[C@H](c3ccccc3)O1)OC2=O. The van der Waals surface area contributed by atoms with E-state index in [4.69, 9.17) is 14.2 Å². The van der Waals surface area contributed by atoms with Gasteiger partial charge in [0.1, 0.15) is 12.7 Å². The second-order valence-electron chi connectivity index (χ2n) is 10.5. The molecule has 3 fully saturated rings. The monoisotopic (exact) mass is 498 g/mol. The Hall–Kier alpha value is -2.71. The maximum absolute atomic E-state index is 13.5. The lowest BCUT2D eigenvalue weighted by atomic mass is 9.66. The topological polar surface area (TPSA) is 96.0 Å². The Morgan fingerprint density at radius 2 is 1.63 bits per heavy atom. The fourth-order valence-electron chi connectivity index (χ4n) is 5.84. The third-order valence-corrected chi connectivity index (χ3v) is 10.7. The van der Waals surface area contributed by atoms with Crippen molar-refractivity contribution in [2.75, 3.05) is 6.61 Å². The van der Waals surface area contributed by atoms with Crippen LogP contribution in [0.2, 0.25) is 0 Å². The van der Waals surface area contributed by atoms with E-state index in [1.807, 2.05) is 51.1 Å². The Labute approximate surface area is 205 Å². The summed E-state index contributed by atoms with van der Waals surface area (Å²) in [5, 5.41) is -0.829. The average Bonchev–Trinajstić information content (AvgIpc) is 3.42. The van der Waals surface area contributed by atoms with Crippen molar-refractivity contribution in [2.24, 2.45) is 10.8 Å². The second-order valence-corrected chi connectivity index (χ2v) is 12.7. The van der Waals surface area contributed by atoms with Gasteiger partial charge >= 0.3 is 11.9 Å². The Balaban J connectivity index is 1.36. The highest BCUT2D eigenvalue weighted by molar-refractivity contribution is 7.92. The molecule has 1 aliphatic carbocycles. The van der Waals surface area contributed by atoms with Gasteiger partial charge < -0.3 is 14.2 Å². The minimum absolute atomic E-state index is 0.116. The fraction of sp³-hybridized carbons (Fsp3) is 0.481. The zero-order valence-electron chi connectivity index (χ0n) is 20.1. The molecule has 2 saturated heterocycles. The van der Waals surface area contributed by atoms with Crippen LogP contribution in [0.4, 0.5) is 0 Å². The smallest absolute Gasteiger partial charge is 0.351 e. The van der Waals surface area contributed by atoms with E-state index < -0.39 is 49.7 Å². The van der Waals surface area contributed by atoms with Crippen LogP contribution in [0.15, 0.2) is 65.6 Å². The molecule has 35 heavy (non-hydrogen) atoms. The molecule has 2 aromatic rings. The number of hydrogen-bond acceptors (Lipinski definition) is 7. The van der Waals surface area contributed by atoms with Crippen molar-refractivity contribution < 1.29 is 32.2 Å². The van der Waals surface area contributed by atoms with Gasteiger partial charge in [0.05, 0.1) is 21.7 Å². The van der Waals surface area contributed by atoms with Gasteiger partial charge in [0.15, 0.2) is 9.84 Å². The van der Waals surface area contributed by atoms with Crippen LogP contribution in [0.1, 0.15) is 51.7 Å². The van der Waals surface area contributed by atoms with Crippen LogP contribution in [0.25, 0.3) is 0 Å². The molecule has 2 aromatic carbocycles. The van der Waals surface area contributed by atoms with E-state index in [9.17, 15) is 18.0 Å². The first kappa shape index (κ1) is 24.0. The number of fused-ring (bicyclic) bond motifs is 2. The van der Waals surface area contributed by atoms with E-state index in [-0.39, 0.29) is 23.9 Å². The van der Waals surface area contributed by atoms with E-state index >= 15 is 0 Å². The van der Waals surface area contributed by atoms with Gasteiger partial charge in [-0.05, 0) is 43.9 Å². The van der Waals surface area contributed by atoms with Crippen molar-refractivity contribution in [1.29, 1.82) is 0 Å². The molecular weight excluding hydrogens is 468 g/mol. The van der Waals surface area contributed by atoms with Crippen LogP contribution in [0, 0.1) is 10.8 Å². The molecular formula is C27H30O7S. The molecule has 0 amide bonds. The molecule has 0 radical (unpaired) electrons. The number of benzene rings is 2. The van der Waals surface area contributed by atoms with Gasteiger partial charge in [-0.15, -0.1) is 0 Å². The van der Waals surface area contributed by atoms with E-state index in [0.29, 0.717) is 12.8 Å². The predicted molar refractivity (Wildman–Crippen MR) is 127 cm³/mol. The standard InChI is InChI=1S/C27H30O7S/c1-25(2)26(3)14-15-27(25,34-23(26)28)24(29)32-17-19-16-21(22(33-19)18-10-6-4-7-11-18)35(30,31)20-12-8-5-9-13-20/h4-13,19,21-22H,14-17H2,1-3H3/t19-,21+,22-,26-,27+/m0/s1. The molecule has 5 rings (SSSR count). The highest BCUT2D eigenvalue weighted by Gasteiger charge is 2.76. The van der Waals surface area contributed by atoms with Gasteiger partial charge in [-0.1, -0.05) is 62.4 Å². The molecule has 0 spiro atoms. The predicted octanol–water partition coefficient (Wildman–Crippen LogP) is 4.02. The Kier molecular flexibility index (Phi) is 5.60. The normalized spacial score (nSPS) is 33.5. The van der Waals surface area contributed by atoms with Crippen molar-refractivity contribution in [2.45, 2.75) is 68.0 Å². The average molecular weight is 499 g/mol. The van der Waals surface area contributed by atoms with Crippen LogP contribution in [-0.2, 0) is 33.6 Å².